The van der Waals surface area contributed by atoms with Crippen molar-refractivity contribution in [3.8, 4) is 0 Å². The molecule has 1 N–H and O–H groups in total. The summed E-state index contributed by atoms with van der Waals surface area (Å²) < 4.78 is 0. The summed E-state index contributed by atoms with van der Waals surface area (Å²) in [6.07, 6.45) is 58.7. The van der Waals surface area contributed by atoms with E-state index in [2.05, 4.69) is 66.6 Å². The summed E-state index contributed by atoms with van der Waals surface area (Å²) in [5.41, 5.74) is 0. The van der Waals surface area contributed by atoms with Gasteiger partial charge in [0.25, 0.3) is 0 Å². The van der Waals surface area contributed by atoms with Crippen molar-refractivity contribution in [2.75, 3.05) is 92.1 Å². The predicted octanol–water partition coefficient (Wildman–Crippen LogP) is 17.5. The molecular weight excluding hydrogens is 791 g/mol. The van der Waals surface area contributed by atoms with Gasteiger partial charge in [-0.15, -0.1) is 0 Å². The molecule has 5 heteroatoms. The quantitative estimate of drug-likeness (QED) is 0.0613. The molecule has 0 aromatic rings. The van der Waals surface area contributed by atoms with Crippen LogP contribution in [0.3, 0.4) is 0 Å². The van der Waals surface area contributed by atoms with Crippen LogP contribution < -0.4 is 5.32 Å². The highest BCUT2D eigenvalue weighted by Crippen LogP contribution is 2.15. The fourth-order valence-corrected chi connectivity index (χ4v) is 9.90. The van der Waals surface area contributed by atoms with Crippen molar-refractivity contribution in [2.45, 2.75) is 298 Å². The van der Waals surface area contributed by atoms with Gasteiger partial charge in [-0.25, -0.2) is 0 Å². The van der Waals surface area contributed by atoms with Crippen LogP contribution in [-0.2, 0) is 0 Å². The first kappa shape index (κ1) is 64.8. The summed E-state index contributed by atoms with van der Waals surface area (Å²) in [5.74, 6) is 0. The van der Waals surface area contributed by atoms with Gasteiger partial charge in [0.05, 0.1) is 0 Å². The van der Waals surface area contributed by atoms with Crippen LogP contribution in [-0.4, -0.2) is 112 Å². The first-order chi connectivity index (χ1) is 32.1. The zero-order chi connectivity index (χ0) is 47.2. The van der Waals surface area contributed by atoms with E-state index in [0.717, 1.165) is 0 Å². The zero-order valence-corrected chi connectivity index (χ0v) is 46.5. The molecule has 65 heavy (non-hydrogen) atoms. The summed E-state index contributed by atoms with van der Waals surface area (Å²) in [4.78, 5) is 11.0. The molecule has 0 saturated carbocycles. The van der Waals surface area contributed by atoms with Crippen molar-refractivity contribution >= 4 is 0 Å². The van der Waals surface area contributed by atoms with Gasteiger partial charge in [0.2, 0.25) is 0 Å². The number of nitrogens with one attached hydrogen (secondary N) is 1. The lowest BCUT2D eigenvalue weighted by Gasteiger charge is -2.32. The molecule has 1 heterocycles. The first-order valence-electron chi connectivity index (χ1n) is 30.7. The highest BCUT2D eigenvalue weighted by atomic mass is 15.2. The Bertz CT molecular complexity index is 808. The molecule has 1 rings (SSSR count). The van der Waals surface area contributed by atoms with E-state index in [9.17, 15) is 0 Å². The number of rotatable bonds is 52. The van der Waals surface area contributed by atoms with Crippen LogP contribution in [0.5, 0.6) is 0 Å². The molecule has 1 aliphatic rings. The van der Waals surface area contributed by atoms with E-state index in [0.29, 0.717) is 0 Å². The number of hydrogen-bond donors (Lipinski definition) is 1. The molecule has 1 aliphatic heterocycles. The van der Waals surface area contributed by atoms with Crippen LogP contribution in [0.2, 0.25) is 0 Å². The fourth-order valence-electron chi connectivity index (χ4n) is 9.90. The molecular formula is C60H127N5. The van der Waals surface area contributed by atoms with Gasteiger partial charge >= 0.3 is 0 Å². The Labute approximate surface area is 413 Å². The van der Waals surface area contributed by atoms with Crippen molar-refractivity contribution < 1.29 is 0 Å². The standard InChI is InChI=1S/C44H92N4.C16H35N/c1-4-7-10-13-16-19-22-25-28-31-36-46(37-32-29-26-23-20-17-14-11-8-5-2)41-42-47(43-44-48-39-34-45-35-40-48)38-33-30-27-24-21-18-15-12-9-6-3;1-4-6-8-10-12-14-16-17(3)15-13-11-9-7-5-2/h45H,4-44H2,1-3H3;4-16H2,1-3H3. The van der Waals surface area contributed by atoms with Gasteiger partial charge in [-0.2, -0.15) is 0 Å². The monoisotopic (exact) mass is 918 g/mol. The van der Waals surface area contributed by atoms with E-state index in [1.54, 1.807) is 0 Å². The Morgan fingerprint density at radius 1 is 0.277 bits per heavy atom. The molecule has 0 aliphatic carbocycles. The van der Waals surface area contributed by atoms with Crippen molar-refractivity contribution in [2.24, 2.45) is 0 Å². The summed E-state index contributed by atoms with van der Waals surface area (Å²) in [7, 11) is 2.28. The van der Waals surface area contributed by atoms with Crippen molar-refractivity contribution in [3.05, 3.63) is 0 Å². The molecule has 1 saturated heterocycles. The van der Waals surface area contributed by atoms with Crippen molar-refractivity contribution in [3.63, 3.8) is 0 Å². The second kappa shape index (κ2) is 56.4. The summed E-state index contributed by atoms with van der Waals surface area (Å²) >= 11 is 0. The maximum Gasteiger partial charge on any atom is 0.0110 e. The van der Waals surface area contributed by atoms with E-state index < -0.39 is 0 Å². The molecule has 392 valence electrons. The molecule has 0 unspecified atom stereocenters. The topological polar surface area (TPSA) is 25.0 Å². The number of piperazine rings is 1. The highest BCUT2D eigenvalue weighted by molar-refractivity contribution is 4.71. The lowest BCUT2D eigenvalue weighted by atomic mass is 10.1. The largest absolute Gasteiger partial charge is 0.314 e. The van der Waals surface area contributed by atoms with Gasteiger partial charge < -0.3 is 20.0 Å². The minimum atomic E-state index is 1.17. The molecule has 1 fully saturated rings. The Kier molecular flexibility index (Phi) is 56.2. The minimum Gasteiger partial charge on any atom is -0.314 e. The van der Waals surface area contributed by atoms with E-state index in [4.69, 9.17) is 0 Å². The van der Waals surface area contributed by atoms with Gasteiger partial charge in [-0.3, -0.25) is 4.90 Å². The van der Waals surface area contributed by atoms with Crippen molar-refractivity contribution in [1.29, 1.82) is 0 Å². The highest BCUT2D eigenvalue weighted by Gasteiger charge is 2.14. The Morgan fingerprint density at radius 3 is 0.785 bits per heavy atom. The maximum absolute atomic E-state index is 3.54. The molecule has 0 radical (unpaired) electrons. The normalized spacial score (nSPS) is 13.4. The molecule has 0 aromatic carbocycles. The molecule has 0 bridgehead atoms. The fraction of sp³-hybridized carbons (Fsp3) is 1.00. The average Bonchev–Trinajstić information content (AvgIpc) is 3.32. The van der Waals surface area contributed by atoms with Gasteiger partial charge in [0.1, 0.15) is 0 Å². The molecule has 0 atom stereocenters. The van der Waals surface area contributed by atoms with E-state index in [1.165, 1.54) is 348 Å². The molecule has 0 aromatic heterocycles. The Balaban J connectivity index is 0.00000202. The predicted molar refractivity (Wildman–Crippen MR) is 297 cm³/mol. The van der Waals surface area contributed by atoms with Gasteiger partial charge in [-0.05, 0) is 71.9 Å². The summed E-state index contributed by atoms with van der Waals surface area (Å²) in [6.45, 7) is 28.0. The van der Waals surface area contributed by atoms with Crippen LogP contribution in [0.15, 0.2) is 0 Å². The third-order valence-corrected chi connectivity index (χ3v) is 14.7. The Morgan fingerprint density at radius 2 is 0.508 bits per heavy atom. The lowest BCUT2D eigenvalue weighted by molar-refractivity contribution is 0.163. The average molecular weight is 919 g/mol. The third kappa shape index (κ3) is 51.5. The van der Waals surface area contributed by atoms with Crippen molar-refractivity contribution in [1.82, 2.24) is 24.9 Å². The number of unbranched alkanes of at least 4 members (excludes halogenated alkanes) is 36. The lowest BCUT2D eigenvalue weighted by Crippen LogP contribution is -2.47. The van der Waals surface area contributed by atoms with Crippen LogP contribution in [0.1, 0.15) is 298 Å². The minimum absolute atomic E-state index is 1.17. The number of nitrogens with zero attached hydrogens (tertiary/aromatic N) is 4. The molecule has 0 spiro atoms. The third-order valence-electron chi connectivity index (χ3n) is 14.7. The van der Waals surface area contributed by atoms with E-state index in [1.807, 2.05) is 0 Å². The van der Waals surface area contributed by atoms with Gasteiger partial charge in [0, 0.05) is 52.4 Å². The number of hydrogen-bond acceptors (Lipinski definition) is 5. The maximum atomic E-state index is 3.54. The second-order valence-corrected chi connectivity index (χ2v) is 21.3. The summed E-state index contributed by atoms with van der Waals surface area (Å²) in [6, 6.07) is 0. The molecule has 0 amide bonds. The van der Waals surface area contributed by atoms with E-state index in [-0.39, 0.29) is 0 Å². The Hall–Kier alpha value is -0.200. The van der Waals surface area contributed by atoms with Gasteiger partial charge in [0.15, 0.2) is 0 Å². The van der Waals surface area contributed by atoms with Crippen LogP contribution in [0.25, 0.3) is 0 Å². The smallest absolute Gasteiger partial charge is 0.0110 e. The van der Waals surface area contributed by atoms with Gasteiger partial charge in [-0.1, -0.05) is 266 Å². The van der Waals surface area contributed by atoms with E-state index >= 15 is 0 Å². The summed E-state index contributed by atoms with van der Waals surface area (Å²) in [5, 5.41) is 3.54. The van der Waals surface area contributed by atoms with Crippen LogP contribution in [0, 0.1) is 0 Å². The zero-order valence-electron chi connectivity index (χ0n) is 46.5. The second-order valence-electron chi connectivity index (χ2n) is 21.3. The van der Waals surface area contributed by atoms with Crippen LogP contribution in [0.4, 0.5) is 0 Å². The first-order valence-corrected chi connectivity index (χ1v) is 30.7. The molecule has 5 nitrogen and oxygen atoms in total. The SMILES string of the molecule is CCCCCCCCCCCCN(CCCCCCCCCCCC)CCN(CCCCCCCCCCCC)CCN1CCNCC1.CCCCCCCCN(C)CCCCCCC. The van der Waals surface area contributed by atoms with Crippen LogP contribution >= 0.6 is 0 Å².